The summed E-state index contributed by atoms with van der Waals surface area (Å²) in [5, 5.41) is 10.1. The van der Waals surface area contributed by atoms with E-state index in [-0.39, 0.29) is 16.9 Å². The Balaban J connectivity index is 0.000000505. The first-order valence-corrected chi connectivity index (χ1v) is 12.7. The Morgan fingerprint density at radius 1 is 1.16 bits per heavy atom. The number of ether oxygens (including phenoxy) is 1. The first-order chi connectivity index (χ1) is 17.8. The van der Waals surface area contributed by atoms with Gasteiger partial charge in [0.2, 0.25) is 5.91 Å². The van der Waals surface area contributed by atoms with Gasteiger partial charge in [-0.25, -0.2) is 9.59 Å². The van der Waals surface area contributed by atoms with Gasteiger partial charge in [-0.1, -0.05) is 13.0 Å². The molecule has 2 aliphatic heterocycles. The summed E-state index contributed by atoms with van der Waals surface area (Å²) in [5.74, 6) is -1.35. The number of methoxy groups -OCH3 is 1. The van der Waals surface area contributed by atoms with Crippen LogP contribution >= 0.6 is 0 Å². The van der Waals surface area contributed by atoms with Crippen LogP contribution in [0.1, 0.15) is 32.6 Å². The number of nitrogens with one attached hydrogen (secondary N) is 1. The molecule has 1 saturated carbocycles. The highest BCUT2D eigenvalue weighted by molar-refractivity contribution is 5.89. The molecule has 4 rings (SSSR count). The number of amides is 3. The Hall–Kier alpha value is -3.02. The Morgan fingerprint density at radius 2 is 1.79 bits per heavy atom. The molecule has 9 nitrogen and oxygen atoms in total. The van der Waals surface area contributed by atoms with Gasteiger partial charge >= 0.3 is 18.2 Å². The number of alkyl halides is 3. The van der Waals surface area contributed by atoms with Crippen molar-refractivity contribution in [3.63, 3.8) is 0 Å². The van der Waals surface area contributed by atoms with Crippen molar-refractivity contribution in [2.75, 3.05) is 59.2 Å². The van der Waals surface area contributed by atoms with E-state index in [2.05, 4.69) is 17.1 Å². The molecule has 0 bridgehead atoms. The molecule has 1 spiro atoms. The number of aliphatic carboxylic acids is 1. The van der Waals surface area contributed by atoms with E-state index in [4.69, 9.17) is 14.6 Å². The topological polar surface area (TPSA) is 102 Å². The fraction of sp³-hybridized carbons (Fsp3) is 0.654. The van der Waals surface area contributed by atoms with Crippen LogP contribution in [0.5, 0.6) is 5.75 Å². The largest absolute Gasteiger partial charge is 0.497 e. The lowest BCUT2D eigenvalue weighted by Crippen LogP contribution is -2.50. The molecule has 3 amide bonds. The van der Waals surface area contributed by atoms with Crippen LogP contribution in [0.15, 0.2) is 24.3 Å². The van der Waals surface area contributed by atoms with Crippen LogP contribution < -0.4 is 10.1 Å². The first kappa shape index (κ1) is 29.5. The molecule has 0 radical (unpaired) electrons. The van der Waals surface area contributed by atoms with Gasteiger partial charge in [0.1, 0.15) is 5.75 Å². The van der Waals surface area contributed by atoms with Crippen molar-refractivity contribution in [1.82, 2.24) is 14.7 Å². The van der Waals surface area contributed by atoms with Gasteiger partial charge in [0.25, 0.3) is 0 Å². The highest BCUT2D eigenvalue weighted by Gasteiger charge is 2.64. The van der Waals surface area contributed by atoms with Gasteiger partial charge in [-0.2, -0.15) is 13.2 Å². The Labute approximate surface area is 220 Å². The zero-order valence-corrected chi connectivity index (χ0v) is 22.3. The number of piperidine rings is 1. The fourth-order valence-electron chi connectivity index (χ4n) is 6.35. The standard InChI is InChI=1S/C24H36N4O3.C2HF3O2/c1-5-27-16-20-23(9-10-24(20,17-27)21(29)26(2)3)11-13-28(14-12-23)22(30)25-18-7-6-8-19(15-18)31-4;3-2(4,5)1(6)7/h6-8,15,20H,5,9-14,16-17H2,1-4H3,(H,25,30);(H,6,7)/t20-,24+;/m0./s1. The van der Waals surface area contributed by atoms with Crippen LogP contribution in [-0.2, 0) is 9.59 Å². The molecule has 212 valence electrons. The van der Waals surface area contributed by atoms with Crippen LogP contribution in [-0.4, -0.2) is 97.8 Å². The molecule has 2 saturated heterocycles. The minimum absolute atomic E-state index is 0.0571. The Bertz CT molecular complexity index is 1030. The number of carboxylic acid groups (broad SMARTS) is 1. The third kappa shape index (κ3) is 6.00. The molecule has 0 unspecified atom stereocenters. The maximum atomic E-state index is 13.3. The van der Waals surface area contributed by atoms with Gasteiger partial charge in [-0.05, 0) is 55.7 Å². The summed E-state index contributed by atoms with van der Waals surface area (Å²) in [4.78, 5) is 41.2. The maximum absolute atomic E-state index is 13.3. The second kappa shape index (κ2) is 11.4. The van der Waals surface area contributed by atoms with Crippen molar-refractivity contribution in [3.8, 4) is 5.75 Å². The summed E-state index contributed by atoms with van der Waals surface area (Å²) in [6, 6.07) is 7.39. The molecular formula is C26H37F3N4O5. The van der Waals surface area contributed by atoms with Crippen LogP contribution in [0.3, 0.4) is 0 Å². The number of rotatable bonds is 4. The number of halogens is 3. The molecule has 0 aromatic heterocycles. The van der Waals surface area contributed by atoms with E-state index < -0.39 is 12.1 Å². The number of nitrogens with zero attached hydrogens (tertiary/aromatic N) is 3. The highest BCUT2D eigenvalue weighted by Crippen LogP contribution is 2.62. The van der Waals surface area contributed by atoms with Gasteiger partial charge in [0.05, 0.1) is 12.5 Å². The molecule has 2 atom stereocenters. The number of fused-ring (bicyclic) bond motifs is 2. The summed E-state index contributed by atoms with van der Waals surface area (Å²) in [6.07, 6.45) is -1.06. The second-order valence-electron chi connectivity index (χ2n) is 10.6. The van der Waals surface area contributed by atoms with E-state index in [1.807, 2.05) is 43.3 Å². The molecule has 3 fully saturated rings. The number of urea groups is 1. The molecule has 1 aromatic rings. The molecule has 3 aliphatic rings. The third-order valence-electron chi connectivity index (χ3n) is 8.31. The van der Waals surface area contributed by atoms with Gasteiger partial charge in [-0.15, -0.1) is 0 Å². The summed E-state index contributed by atoms with van der Waals surface area (Å²) in [6.45, 7) is 6.55. The lowest BCUT2D eigenvalue weighted by Gasteiger charge is -2.44. The lowest BCUT2D eigenvalue weighted by molar-refractivity contribution is -0.192. The Kier molecular flexibility index (Phi) is 8.85. The number of hydrogen-bond acceptors (Lipinski definition) is 5. The van der Waals surface area contributed by atoms with Crippen LogP contribution in [0.4, 0.5) is 23.7 Å². The van der Waals surface area contributed by atoms with Crippen molar-refractivity contribution in [2.45, 2.75) is 38.8 Å². The zero-order valence-electron chi connectivity index (χ0n) is 22.3. The number of carbonyl (C=O) groups excluding carboxylic acids is 2. The summed E-state index contributed by atoms with van der Waals surface area (Å²) in [7, 11) is 5.40. The van der Waals surface area contributed by atoms with Crippen LogP contribution in [0.25, 0.3) is 0 Å². The summed E-state index contributed by atoms with van der Waals surface area (Å²) < 4.78 is 37.0. The Morgan fingerprint density at radius 3 is 2.32 bits per heavy atom. The second-order valence-corrected chi connectivity index (χ2v) is 10.6. The van der Waals surface area contributed by atoms with Gasteiger partial charge in [0, 0.05) is 52.0 Å². The van der Waals surface area contributed by atoms with E-state index in [0.29, 0.717) is 11.8 Å². The first-order valence-electron chi connectivity index (χ1n) is 12.7. The van der Waals surface area contributed by atoms with Crippen molar-refractivity contribution < 1.29 is 37.4 Å². The minimum Gasteiger partial charge on any atom is -0.497 e. The van der Waals surface area contributed by atoms with Gasteiger partial charge in [0.15, 0.2) is 0 Å². The molecule has 2 heterocycles. The smallest absolute Gasteiger partial charge is 0.490 e. The number of carboxylic acids is 1. The quantitative estimate of drug-likeness (QED) is 0.601. The fourth-order valence-corrected chi connectivity index (χ4v) is 6.35. The van der Waals surface area contributed by atoms with Crippen molar-refractivity contribution in [2.24, 2.45) is 16.7 Å². The number of hydrogen-bond donors (Lipinski definition) is 2. The van der Waals surface area contributed by atoms with E-state index in [1.165, 1.54) is 0 Å². The lowest BCUT2D eigenvalue weighted by atomic mass is 9.65. The van der Waals surface area contributed by atoms with Crippen molar-refractivity contribution in [3.05, 3.63) is 24.3 Å². The van der Waals surface area contributed by atoms with E-state index in [0.717, 1.165) is 69.8 Å². The number of anilines is 1. The van der Waals surface area contributed by atoms with E-state index in [1.54, 1.807) is 12.0 Å². The number of carbonyl (C=O) groups is 3. The van der Waals surface area contributed by atoms with Crippen LogP contribution in [0, 0.1) is 16.7 Å². The molecule has 1 aliphatic carbocycles. The maximum Gasteiger partial charge on any atom is 0.490 e. The molecular weight excluding hydrogens is 505 g/mol. The molecule has 38 heavy (non-hydrogen) atoms. The molecule has 2 N–H and O–H groups in total. The third-order valence-corrected chi connectivity index (χ3v) is 8.31. The highest BCUT2D eigenvalue weighted by atomic mass is 19.4. The van der Waals surface area contributed by atoms with E-state index >= 15 is 0 Å². The number of benzene rings is 1. The summed E-state index contributed by atoms with van der Waals surface area (Å²) >= 11 is 0. The number of likely N-dealkylation sites (tertiary alicyclic amines) is 2. The SMILES string of the molecule is CCN1C[C@H]2C3(CCN(C(=O)Nc4cccc(OC)c4)CC3)CC[C@@]2(C(=O)N(C)C)C1.O=C(O)C(F)(F)F. The molecule has 12 heteroatoms. The van der Waals surface area contributed by atoms with Crippen molar-refractivity contribution >= 4 is 23.6 Å². The van der Waals surface area contributed by atoms with Gasteiger partial charge < -0.3 is 29.9 Å². The minimum atomic E-state index is -5.08. The molecule has 1 aromatic carbocycles. The predicted molar refractivity (Wildman–Crippen MR) is 135 cm³/mol. The van der Waals surface area contributed by atoms with Gasteiger partial charge in [-0.3, -0.25) is 4.79 Å². The van der Waals surface area contributed by atoms with E-state index in [9.17, 15) is 22.8 Å². The zero-order chi connectivity index (χ0) is 28.3. The summed E-state index contributed by atoms with van der Waals surface area (Å²) in [5.41, 5.74) is 0.669. The monoisotopic (exact) mass is 542 g/mol. The van der Waals surface area contributed by atoms with Crippen molar-refractivity contribution in [1.29, 1.82) is 0 Å². The predicted octanol–water partition coefficient (Wildman–Crippen LogP) is 3.76. The average Bonchev–Trinajstić information content (AvgIpc) is 3.40. The van der Waals surface area contributed by atoms with Crippen LogP contribution in [0.2, 0.25) is 0 Å². The normalized spacial score (nSPS) is 24.3. The average molecular weight is 543 g/mol.